The van der Waals surface area contributed by atoms with Crippen LogP contribution >= 0.6 is 11.3 Å². The van der Waals surface area contributed by atoms with Crippen LogP contribution in [-0.2, 0) is 0 Å². The summed E-state index contributed by atoms with van der Waals surface area (Å²) in [5.74, 6) is 1.65. The number of aromatic nitrogens is 4. The second kappa shape index (κ2) is 4.75. The van der Waals surface area contributed by atoms with Crippen molar-refractivity contribution in [2.75, 3.05) is 14.2 Å². The highest BCUT2D eigenvalue weighted by Crippen LogP contribution is 2.30. The molecule has 0 aliphatic carbocycles. The van der Waals surface area contributed by atoms with Crippen LogP contribution in [0.4, 0.5) is 0 Å². The van der Waals surface area contributed by atoms with Crippen molar-refractivity contribution in [1.29, 1.82) is 0 Å². The molecule has 20 heavy (non-hydrogen) atoms. The molecule has 3 rings (SSSR count). The van der Waals surface area contributed by atoms with Gasteiger partial charge in [-0.2, -0.15) is 4.98 Å². The van der Waals surface area contributed by atoms with Gasteiger partial charge in [-0.15, -0.1) is 11.3 Å². The molecule has 0 radical (unpaired) electrons. The molecule has 0 atom stereocenters. The maximum Gasteiger partial charge on any atom is 0.240 e. The van der Waals surface area contributed by atoms with Crippen LogP contribution < -0.4 is 9.47 Å². The molecular weight excluding hydrogens is 276 g/mol. The minimum Gasteiger partial charge on any atom is -0.482 e. The minimum absolute atomic E-state index is 0.476. The predicted molar refractivity (Wildman–Crippen MR) is 76.7 cm³/mol. The molecule has 0 spiro atoms. The number of ether oxygens (including phenoxy) is 2. The Bertz CT molecular complexity index is 778. The molecule has 7 heteroatoms. The average Bonchev–Trinajstić information content (AvgIpc) is 2.99. The van der Waals surface area contributed by atoms with Gasteiger partial charge in [-0.25, -0.2) is 9.97 Å². The van der Waals surface area contributed by atoms with Crippen molar-refractivity contribution in [1.82, 2.24) is 19.4 Å². The van der Waals surface area contributed by atoms with Crippen LogP contribution in [0.25, 0.3) is 16.3 Å². The molecule has 3 heterocycles. The molecule has 3 aromatic heterocycles. The highest BCUT2D eigenvalue weighted by molar-refractivity contribution is 7.15. The summed E-state index contributed by atoms with van der Waals surface area (Å²) < 4.78 is 12.3. The van der Waals surface area contributed by atoms with E-state index in [1.807, 2.05) is 20.0 Å². The summed E-state index contributed by atoms with van der Waals surface area (Å²) in [4.78, 5) is 14.3. The van der Waals surface area contributed by atoms with Crippen LogP contribution in [0.15, 0.2) is 12.3 Å². The molecule has 6 nitrogen and oxygen atoms in total. The zero-order valence-corrected chi connectivity index (χ0v) is 12.5. The Labute approximate surface area is 120 Å². The Morgan fingerprint density at radius 2 is 1.90 bits per heavy atom. The second-order valence-corrected chi connectivity index (χ2v) is 5.49. The molecule has 0 fully saturated rings. The Kier molecular flexibility index (Phi) is 3.06. The minimum atomic E-state index is 0.476. The fourth-order valence-electron chi connectivity index (χ4n) is 2.06. The van der Waals surface area contributed by atoms with Crippen LogP contribution in [0.5, 0.6) is 11.8 Å². The smallest absolute Gasteiger partial charge is 0.240 e. The van der Waals surface area contributed by atoms with Crippen molar-refractivity contribution < 1.29 is 9.47 Å². The second-order valence-electron chi connectivity index (χ2n) is 4.28. The summed E-state index contributed by atoms with van der Waals surface area (Å²) in [6.45, 7) is 3.97. The number of fused-ring (bicyclic) bond motifs is 1. The third-order valence-corrected chi connectivity index (χ3v) is 4.03. The molecule has 0 unspecified atom stereocenters. The first kappa shape index (κ1) is 12.9. The summed E-state index contributed by atoms with van der Waals surface area (Å²) in [6, 6.07) is 1.73. The Morgan fingerprint density at radius 1 is 1.10 bits per heavy atom. The van der Waals surface area contributed by atoms with E-state index >= 15 is 0 Å². The van der Waals surface area contributed by atoms with Crippen LogP contribution in [-0.4, -0.2) is 33.6 Å². The average molecular weight is 290 g/mol. The molecule has 0 aliphatic heterocycles. The number of imidazole rings is 1. The number of aryl methyl sites for hydroxylation is 2. The number of methoxy groups -OCH3 is 2. The van der Waals surface area contributed by atoms with Crippen LogP contribution in [0, 0.1) is 13.8 Å². The van der Waals surface area contributed by atoms with Gasteiger partial charge in [0.15, 0.2) is 0 Å². The standard InChI is InChI=1S/C13H14N4O2S/c1-7-12(20-8(2)14-7)9-6-17-11(19-4)5-10(18-3)16-13(17)15-9/h5-6H,1-4H3. The highest BCUT2D eigenvalue weighted by atomic mass is 32.1. The first-order valence-corrected chi connectivity index (χ1v) is 6.86. The van der Waals surface area contributed by atoms with E-state index in [2.05, 4.69) is 15.0 Å². The molecule has 3 aromatic rings. The number of hydrogen-bond donors (Lipinski definition) is 0. The molecule has 0 saturated heterocycles. The number of rotatable bonds is 3. The molecule has 0 saturated carbocycles. The summed E-state index contributed by atoms with van der Waals surface area (Å²) in [5.41, 5.74) is 1.81. The van der Waals surface area contributed by atoms with E-state index < -0.39 is 0 Å². The van der Waals surface area contributed by atoms with Crippen LogP contribution in [0.1, 0.15) is 10.7 Å². The molecule has 0 amide bonds. The SMILES string of the molecule is COc1cc(OC)n2cc(-c3sc(C)nc3C)nc2n1. The van der Waals surface area contributed by atoms with E-state index in [9.17, 15) is 0 Å². The first-order chi connectivity index (χ1) is 9.62. The van der Waals surface area contributed by atoms with E-state index in [4.69, 9.17) is 9.47 Å². The van der Waals surface area contributed by atoms with Gasteiger partial charge in [0.2, 0.25) is 17.5 Å². The fraction of sp³-hybridized carbons (Fsp3) is 0.308. The summed E-state index contributed by atoms with van der Waals surface area (Å²) in [6.07, 6.45) is 1.90. The van der Waals surface area contributed by atoms with Crippen LogP contribution in [0.3, 0.4) is 0 Å². The van der Waals surface area contributed by atoms with E-state index in [1.165, 1.54) is 0 Å². The van der Waals surface area contributed by atoms with Crippen molar-refractivity contribution in [3.05, 3.63) is 23.0 Å². The largest absolute Gasteiger partial charge is 0.482 e. The van der Waals surface area contributed by atoms with Gasteiger partial charge in [-0.05, 0) is 13.8 Å². The van der Waals surface area contributed by atoms with Gasteiger partial charge in [0.05, 0.1) is 35.9 Å². The zero-order chi connectivity index (χ0) is 14.3. The normalized spacial score (nSPS) is 11.0. The van der Waals surface area contributed by atoms with Crippen molar-refractivity contribution >= 4 is 17.1 Å². The van der Waals surface area contributed by atoms with Gasteiger partial charge in [-0.3, -0.25) is 4.40 Å². The van der Waals surface area contributed by atoms with Crippen molar-refractivity contribution in [2.45, 2.75) is 13.8 Å². The number of nitrogens with zero attached hydrogens (tertiary/aromatic N) is 4. The summed E-state index contributed by atoms with van der Waals surface area (Å²) in [7, 11) is 3.18. The fourth-order valence-corrected chi connectivity index (χ4v) is 2.93. The molecule has 0 aromatic carbocycles. The van der Waals surface area contributed by atoms with Crippen molar-refractivity contribution in [3.8, 4) is 22.3 Å². The molecule has 0 bridgehead atoms. The third kappa shape index (κ3) is 2.00. The van der Waals surface area contributed by atoms with Gasteiger partial charge < -0.3 is 9.47 Å². The molecular formula is C13H14N4O2S. The van der Waals surface area contributed by atoms with Gasteiger partial charge in [-0.1, -0.05) is 0 Å². The van der Waals surface area contributed by atoms with E-state index in [-0.39, 0.29) is 0 Å². The Balaban J connectivity index is 2.22. The summed E-state index contributed by atoms with van der Waals surface area (Å²) in [5, 5.41) is 1.02. The van der Waals surface area contributed by atoms with Crippen molar-refractivity contribution in [3.63, 3.8) is 0 Å². The predicted octanol–water partition coefficient (Wildman–Crippen LogP) is 2.49. The van der Waals surface area contributed by atoms with E-state index in [1.54, 1.807) is 36.0 Å². The van der Waals surface area contributed by atoms with Crippen LogP contribution in [0.2, 0.25) is 0 Å². The van der Waals surface area contributed by atoms with Gasteiger partial charge in [0.1, 0.15) is 5.69 Å². The van der Waals surface area contributed by atoms with Gasteiger partial charge in [0, 0.05) is 6.20 Å². The van der Waals surface area contributed by atoms with Crippen molar-refractivity contribution in [2.24, 2.45) is 0 Å². The lowest BCUT2D eigenvalue weighted by Crippen LogP contribution is -1.97. The highest BCUT2D eigenvalue weighted by Gasteiger charge is 2.15. The number of thiazole rings is 1. The summed E-state index contributed by atoms with van der Waals surface area (Å²) >= 11 is 1.62. The van der Waals surface area contributed by atoms with Gasteiger partial charge in [0.25, 0.3) is 0 Å². The molecule has 104 valence electrons. The zero-order valence-electron chi connectivity index (χ0n) is 11.7. The lowest BCUT2D eigenvalue weighted by Gasteiger charge is -2.04. The topological polar surface area (TPSA) is 61.5 Å². The van der Waals surface area contributed by atoms with E-state index in [0.717, 1.165) is 21.3 Å². The monoisotopic (exact) mass is 290 g/mol. The Morgan fingerprint density at radius 3 is 2.50 bits per heavy atom. The van der Waals surface area contributed by atoms with Gasteiger partial charge >= 0.3 is 0 Å². The van der Waals surface area contributed by atoms with E-state index in [0.29, 0.717) is 17.5 Å². The molecule has 0 aliphatic rings. The Hall–Kier alpha value is -2.15. The molecule has 0 N–H and O–H groups in total. The lowest BCUT2D eigenvalue weighted by molar-refractivity contribution is 0.369. The maximum atomic E-state index is 5.35. The quantitative estimate of drug-likeness (QED) is 0.741. The number of hydrogen-bond acceptors (Lipinski definition) is 6. The maximum absolute atomic E-state index is 5.35. The third-order valence-electron chi connectivity index (χ3n) is 2.94. The first-order valence-electron chi connectivity index (χ1n) is 6.05. The lowest BCUT2D eigenvalue weighted by atomic mass is 10.3.